The van der Waals surface area contributed by atoms with Crippen molar-refractivity contribution in [1.29, 1.82) is 0 Å². The van der Waals surface area contributed by atoms with E-state index in [1.54, 1.807) is 10.6 Å². The van der Waals surface area contributed by atoms with Gasteiger partial charge >= 0.3 is 5.97 Å². The van der Waals surface area contributed by atoms with Gasteiger partial charge in [-0.1, -0.05) is 12.1 Å². The van der Waals surface area contributed by atoms with E-state index in [0.717, 1.165) is 37.7 Å². The average molecular weight is 609 g/mol. The molecule has 4 bridgehead atoms. The lowest BCUT2D eigenvalue weighted by Crippen LogP contribution is -2.46. The minimum Gasteiger partial charge on any atom is -0.490 e. The molecule has 2 atom stereocenters. The number of nitrogens with zero attached hydrogens (tertiary/aromatic N) is 4. The van der Waals surface area contributed by atoms with Gasteiger partial charge in [0.15, 0.2) is 11.8 Å². The number of hydrogen-bond donors (Lipinski definition) is 1. The predicted molar refractivity (Wildman–Crippen MR) is 168 cm³/mol. The van der Waals surface area contributed by atoms with Crippen LogP contribution in [0.4, 0.5) is 10.2 Å². The van der Waals surface area contributed by atoms with Crippen LogP contribution in [0.5, 0.6) is 5.75 Å². The van der Waals surface area contributed by atoms with E-state index in [9.17, 15) is 14.3 Å². The molecular formula is C34H45FN4O5. The third kappa shape index (κ3) is 7.41. The number of hydrogen-bond acceptors (Lipinski definition) is 7. The number of benzene rings is 1. The number of aromatic nitrogens is 3. The second-order valence-electron chi connectivity index (χ2n) is 13.3. The third-order valence-corrected chi connectivity index (χ3v) is 8.34. The van der Waals surface area contributed by atoms with Crippen LogP contribution in [0.15, 0.2) is 30.3 Å². The van der Waals surface area contributed by atoms with Crippen LogP contribution in [0.25, 0.3) is 11.7 Å². The summed E-state index contributed by atoms with van der Waals surface area (Å²) in [6.07, 6.45) is 7.38. The number of rotatable bonds is 3. The molecule has 9 nitrogen and oxygen atoms in total. The van der Waals surface area contributed by atoms with E-state index < -0.39 is 17.7 Å². The van der Waals surface area contributed by atoms with E-state index in [1.807, 2.05) is 52.8 Å². The van der Waals surface area contributed by atoms with Gasteiger partial charge in [-0.05, 0) is 97.8 Å². The molecule has 3 aliphatic heterocycles. The summed E-state index contributed by atoms with van der Waals surface area (Å²) in [5.41, 5.74) is 2.29. The van der Waals surface area contributed by atoms with Crippen LogP contribution in [0.3, 0.4) is 0 Å². The molecule has 2 aromatic heterocycles. The van der Waals surface area contributed by atoms with E-state index in [0.29, 0.717) is 60.3 Å². The number of fused-ring (bicyclic) bond motifs is 9. The van der Waals surface area contributed by atoms with Crippen LogP contribution < -0.4 is 9.64 Å². The maximum atomic E-state index is 14.2. The molecule has 0 aliphatic carbocycles. The Bertz CT molecular complexity index is 1520. The predicted octanol–water partition coefficient (Wildman–Crippen LogP) is 6.70. The zero-order chi connectivity index (χ0) is 31.6. The van der Waals surface area contributed by atoms with E-state index in [2.05, 4.69) is 11.8 Å². The monoisotopic (exact) mass is 608 g/mol. The first-order valence-electron chi connectivity index (χ1n) is 15.6. The summed E-state index contributed by atoms with van der Waals surface area (Å²) in [6.45, 7) is 13.5. The van der Waals surface area contributed by atoms with Crippen molar-refractivity contribution in [2.24, 2.45) is 0 Å². The first-order valence-corrected chi connectivity index (χ1v) is 15.6. The first-order chi connectivity index (χ1) is 20.8. The number of carbonyl (C=O) groups is 1. The Morgan fingerprint density at radius 2 is 1.95 bits per heavy atom. The smallest absolute Gasteiger partial charge is 0.337 e. The van der Waals surface area contributed by atoms with Gasteiger partial charge in [0.25, 0.3) is 0 Å². The number of halogens is 1. The molecule has 1 aromatic carbocycles. The van der Waals surface area contributed by atoms with E-state index in [-0.39, 0.29) is 17.5 Å². The fourth-order valence-corrected chi connectivity index (χ4v) is 5.99. The maximum Gasteiger partial charge on any atom is 0.337 e. The number of allylic oxidation sites excluding steroid dienone is 1. The molecular weight excluding hydrogens is 563 g/mol. The average Bonchev–Trinajstić information content (AvgIpc) is 3.34. The molecule has 6 rings (SSSR count). The molecule has 0 saturated carbocycles. The standard InChI is InChI=1S/C34H45FN4O5/c1-22-10-7-8-19-42-34(6)15-17-38(18-16-34)31-29(30(32(40)41)44-33(3,4)5)23(2)36-28-21-26(37-39(28)31)12-9-11-24-13-14-25(35)20-27(24)43-22/h9,12-14,20-22,30H,7-8,10-11,15-19H2,1-6H3,(H,40,41)/b12-9+/t22-,30-/m0/s1. The molecule has 1 saturated heterocycles. The zero-order valence-electron chi connectivity index (χ0n) is 26.7. The van der Waals surface area contributed by atoms with Crippen molar-refractivity contribution in [3.8, 4) is 5.75 Å². The molecule has 3 aromatic rings. The highest BCUT2D eigenvalue weighted by atomic mass is 19.1. The summed E-state index contributed by atoms with van der Waals surface area (Å²) in [5.74, 6) is -0.177. The summed E-state index contributed by atoms with van der Waals surface area (Å²) < 4.78 is 34.7. The number of aryl methyl sites for hydroxylation is 1. The van der Waals surface area contributed by atoms with E-state index in [4.69, 9.17) is 24.3 Å². The highest BCUT2D eigenvalue weighted by molar-refractivity contribution is 5.78. The lowest BCUT2D eigenvalue weighted by atomic mass is 9.92. The number of ether oxygens (including phenoxy) is 3. The summed E-state index contributed by atoms with van der Waals surface area (Å²) in [5, 5.41) is 15.3. The second-order valence-corrected chi connectivity index (χ2v) is 13.3. The van der Waals surface area contributed by atoms with Crippen molar-refractivity contribution in [1.82, 2.24) is 14.6 Å². The van der Waals surface area contributed by atoms with Crippen molar-refractivity contribution in [3.05, 3.63) is 58.7 Å². The largest absolute Gasteiger partial charge is 0.490 e. The fraction of sp³-hybridized carbons (Fsp3) is 0.559. The minimum absolute atomic E-state index is 0.0544. The lowest BCUT2D eigenvalue weighted by Gasteiger charge is -2.41. The Morgan fingerprint density at radius 1 is 1.20 bits per heavy atom. The molecule has 44 heavy (non-hydrogen) atoms. The topological polar surface area (TPSA) is 98.4 Å². The minimum atomic E-state index is -1.22. The molecule has 10 heteroatoms. The number of carboxylic acids is 1. The van der Waals surface area contributed by atoms with Gasteiger partial charge in [0.1, 0.15) is 17.4 Å². The van der Waals surface area contributed by atoms with Crippen molar-refractivity contribution < 1.29 is 28.5 Å². The van der Waals surface area contributed by atoms with E-state index >= 15 is 0 Å². The number of carboxylic acid groups (broad SMARTS) is 1. The van der Waals surface area contributed by atoms with Gasteiger partial charge in [-0.15, -0.1) is 0 Å². The molecule has 0 unspecified atom stereocenters. The molecule has 3 aliphatic rings. The summed E-state index contributed by atoms with van der Waals surface area (Å²) in [7, 11) is 0. The highest BCUT2D eigenvalue weighted by Crippen LogP contribution is 2.38. The SMILES string of the molecule is Cc1nc2cc3nn2c(c1[C@H](OC(C)(C)C)C(=O)O)N1CCC(C)(CC1)OCCCC[C@H](C)Oc1cc(F)ccc1C/C=C/3. The van der Waals surface area contributed by atoms with Gasteiger partial charge in [0.05, 0.1) is 28.6 Å². The molecule has 1 fully saturated rings. The molecule has 0 radical (unpaired) electrons. The second kappa shape index (κ2) is 12.9. The number of anilines is 1. The first kappa shape index (κ1) is 31.9. The van der Waals surface area contributed by atoms with Crippen molar-refractivity contribution >= 4 is 23.5 Å². The molecule has 1 N–H and O–H groups in total. The Hall–Kier alpha value is -3.50. The van der Waals surface area contributed by atoms with Gasteiger partial charge < -0.3 is 24.2 Å². The molecule has 238 valence electrons. The molecule has 0 amide bonds. The van der Waals surface area contributed by atoms with Gasteiger partial charge in [0, 0.05) is 37.5 Å². The Labute approximate surface area is 259 Å². The number of aliphatic carboxylic acids is 1. The highest BCUT2D eigenvalue weighted by Gasteiger charge is 2.37. The molecule has 5 heterocycles. The lowest BCUT2D eigenvalue weighted by molar-refractivity contribution is -0.160. The summed E-state index contributed by atoms with van der Waals surface area (Å²) in [4.78, 5) is 19.7. The number of piperidine rings is 1. The van der Waals surface area contributed by atoms with Crippen LogP contribution in [0.2, 0.25) is 0 Å². The fourth-order valence-electron chi connectivity index (χ4n) is 5.99. The van der Waals surface area contributed by atoms with Crippen molar-refractivity contribution in [2.75, 3.05) is 24.6 Å². The van der Waals surface area contributed by atoms with Crippen LogP contribution in [-0.4, -0.2) is 62.7 Å². The van der Waals surface area contributed by atoms with Crippen molar-refractivity contribution in [3.63, 3.8) is 0 Å². The summed E-state index contributed by atoms with van der Waals surface area (Å²) >= 11 is 0. The third-order valence-electron chi connectivity index (χ3n) is 8.34. The molecule has 0 spiro atoms. The van der Waals surface area contributed by atoms with Gasteiger partial charge in [-0.2, -0.15) is 9.61 Å². The van der Waals surface area contributed by atoms with Crippen LogP contribution in [0.1, 0.15) is 95.3 Å². The van der Waals surface area contributed by atoms with Gasteiger partial charge in [-0.3, -0.25) is 0 Å². The quantitative estimate of drug-likeness (QED) is 0.351. The maximum absolute atomic E-state index is 14.2. The Balaban J connectivity index is 1.60. The zero-order valence-corrected chi connectivity index (χ0v) is 26.7. The van der Waals surface area contributed by atoms with Crippen LogP contribution in [-0.2, 0) is 20.7 Å². The van der Waals surface area contributed by atoms with Gasteiger partial charge in [-0.25, -0.2) is 14.2 Å². The van der Waals surface area contributed by atoms with Crippen molar-refractivity contribution in [2.45, 2.75) is 103 Å². The normalized spacial score (nSPS) is 23.2. The van der Waals surface area contributed by atoms with Crippen LogP contribution >= 0.6 is 0 Å². The van der Waals surface area contributed by atoms with Crippen LogP contribution in [0, 0.1) is 12.7 Å². The van der Waals surface area contributed by atoms with Gasteiger partial charge in [0.2, 0.25) is 0 Å². The summed E-state index contributed by atoms with van der Waals surface area (Å²) in [6, 6.07) is 6.54. The Kier molecular flexibility index (Phi) is 9.32. The van der Waals surface area contributed by atoms with E-state index in [1.165, 1.54) is 12.1 Å². The Morgan fingerprint density at radius 3 is 2.66 bits per heavy atom.